The van der Waals surface area contributed by atoms with E-state index in [1.54, 1.807) is 0 Å². The van der Waals surface area contributed by atoms with Crippen molar-refractivity contribution in [2.45, 2.75) is 78.8 Å². The molecule has 0 aromatic heterocycles. The molecule has 0 aromatic rings. The van der Waals surface area contributed by atoms with E-state index in [0.717, 1.165) is 30.5 Å². The van der Waals surface area contributed by atoms with Crippen LogP contribution in [0.3, 0.4) is 0 Å². The third-order valence-electron chi connectivity index (χ3n) is 4.56. The summed E-state index contributed by atoms with van der Waals surface area (Å²) in [4.78, 5) is 2.74. The van der Waals surface area contributed by atoms with Gasteiger partial charge in [-0.1, -0.05) is 47.5 Å². The molecule has 2 nitrogen and oxygen atoms in total. The Labute approximate surface area is 121 Å². The van der Waals surface area contributed by atoms with Gasteiger partial charge in [-0.25, -0.2) is 0 Å². The average molecular weight is 268 g/mol. The number of hydrogen-bond acceptors (Lipinski definition) is 2. The molecule has 0 bridgehead atoms. The van der Waals surface area contributed by atoms with Gasteiger partial charge in [0.05, 0.1) is 0 Å². The first-order valence-corrected chi connectivity index (χ1v) is 8.59. The Morgan fingerprint density at radius 2 is 1.89 bits per heavy atom. The predicted molar refractivity (Wildman–Crippen MR) is 85.6 cm³/mol. The van der Waals surface area contributed by atoms with E-state index in [4.69, 9.17) is 0 Å². The highest BCUT2D eigenvalue weighted by atomic mass is 15.2. The summed E-state index contributed by atoms with van der Waals surface area (Å²) < 4.78 is 0. The summed E-state index contributed by atoms with van der Waals surface area (Å²) in [6.45, 7) is 15.2. The van der Waals surface area contributed by atoms with Crippen LogP contribution in [0.2, 0.25) is 0 Å². The van der Waals surface area contributed by atoms with Crippen LogP contribution in [-0.2, 0) is 0 Å². The first-order chi connectivity index (χ1) is 9.12. The fraction of sp³-hybridized carbons (Fsp3) is 1.00. The molecule has 0 aliphatic heterocycles. The molecule has 1 fully saturated rings. The van der Waals surface area contributed by atoms with Crippen LogP contribution in [0.4, 0.5) is 0 Å². The van der Waals surface area contributed by atoms with E-state index in [2.05, 4.69) is 44.8 Å². The van der Waals surface area contributed by atoms with E-state index in [1.807, 2.05) is 0 Å². The second kappa shape index (κ2) is 8.97. The molecule has 1 aliphatic rings. The zero-order valence-electron chi connectivity index (χ0n) is 13.9. The molecule has 0 amide bonds. The van der Waals surface area contributed by atoms with Gasteiger partial charge in [-0.15, -0.1) is 0 Å². The summed E-state index contributed by atoms with van der Waals surface area (Å²) >= 11 is 0. The first-order valence-electron chi connectivity index (χ1n) is 8.59. The minimum atomic E-state index is 0.719. The topological polar surface area (TPSA) is 15.3 Å². The molecule has 114 valence electrons. The minimum Gasteiger partial charge on any atom is -0.313 e. The van der Waals surface area contributed by atoms with Gasteiger partial charge in [0.1, 0.15) is 0 Å². The highest BCUT2D eigenvalue weighted by molar-refractivity contribution is 4.91. The highest BCUT2D eigenvalue weighted by Gasteiger charge is 2.33. The van der Waals surface area contributed by atoms with Gasteiger partial charge in [0.25, 0.3) is 0 Å². The van der Waals surface area contributed by atoms with Crippen molar-refractivity contribution in [3.8, 4) is 0 Å². The van der Waals surface area contributed by atoms with Gasteiger partial charge in [-0.2, -0.15) is 0 Å². The molecule has 2 heteroatoms. The van der Waals surface area contributed by atoms with Gasteiger partial charge >= 0.3 is 0 Å². The number of rotatable bonds is 8. The average Bonchev–Trinajstić information content (AvgIpc) is 2.38. The van der Waals surface area contributed by atoms with Crippen molar-refractivity contribution in [1.29, 1.82) is 0 Å². The van der Waals surface area contributed by atoms with Crippen molar-refractivity contribution >= 4 is 0 Å². The summed E-state index contributed by atoms with van der Waals surface area (Å²) in [5.74, 6) is 1.74. The molecule has 1 rings (SSSR count). The zero-order chi connectivity index (χ0) is 14.3. The Kier molecular flexibility index (Phi) is 8.01. The van der Waals surface area contributed by atoms with Crippen LogP contribution >= 0.6 is 0 Å². The second-order valence-corrected chi connectivity index (χ2v) is 6.68. The van der Waals surface area contributed by atoms with Crippen molar-refractivity contribution in [1.82, 2.24) is 10.2 Å². The van der Waals surface area contributed by atoms with E-state index < -0.39 is 0 Å². The van der Waals surface area contributed by atoms with Crippen molar-refractivity contribution in [2.75, 3.05) is 19.6 Å². The Bertz CT molecular complexity index is 227. The zero-order valence-corrected chi connectivity index (χ0v) is 13.9. The standard InChI is InChI=1S/C17H36N2/c1-6-9-15-10-11-16(18-7-2)17(12-15)19(8-3)13-14(4)5/h14-18H,6-13H2,1-5H3. The maximum absolute atomic E-state index is 3.74. The Morgan fingerprint density at radius 1 is 1.16 bits per heavy atom. The van der Waals surface area contributed by atoms with Gasteiger partial charge in [-0.05, 0) is 44.2 Å². The van der Waals surface area contributed by atoms with E-state index in [9.17, 15) is 0 Å². The van der Waals surface area contributed by atoms with Gasteiger partial charge < -0.3 is 5.32 Å². The summed E-state index contributed by atoms with van der Waals surface area (Å²) in [6, 6.07) is 1.48. The number of hydrogen-bond donors (Lipinski definition) is 1. The van der Waals surface area contributed by atoms with E-state index in [-0.39, 0.29) is 0 Å². The van der Waals surface area contributed by atoms with Gasteiger partial charge in [0.15, 0.2) is 0 Å². The SMILES string of the molecule is CCCC1CCC(NCC)C(N(CC)CC(C)C)C1. The maximum Gasteiger partial charge on any atom is 0.0251 e. The van der Waals surface area contributed by atoms with Crippen LogP contribution in [-0.4, -0.2) is 36.6 Å². The van der Waals surface area contributed by atoms with E-state index in [0.29, 0.717) is 0 Å². The number of likely N-dealkylation sites (N-methyl/N-ethyl adjacent to an activating group) is 2. The van der Waals surface area contributed by atoms with Crippen molar-refractivity contribution in [3.05, 3.63) is 0 Å². The lowest BCUT2D eigenvalue weighted by atomic mass is 9.79. The molecule has 1 saturated carbocycles. The van der Waals surface area contributed by atoms with E-state index >= 15 is 0 Å². The van der Waals surface area contributed by atoms with Gasteiger partial charge in [-0.3, -0.25) is 4.90 Å². The summed E-state index contributed by atoms with van der Waals surface area (Å²) in [5, 5.41) is 3.74. The van der Waals surface area contributed by atoms with Crippen LogP contribution < -0.4 is 5.32 Å². The third-order valence-corrected chi connectivity index (χ3v) is 4.56. The first kappa shape index (κ1) is 17.0. The van der Waals surface area contributed by atoms with Crippen LogP contribution in [0.25, 0.3) is 0 Å². The molecule has 3 atom stereocenters. The van der Waals surface area contributed by atoms with Crippen LogP contribution in [0, 0.1) is 11.8 Å². The van der Waals surface area contributed by atoms with Crippen LogP contribution in [0.15, 0.2) is 0 Å². The molecule has 19 heavy (non-hydrogen) atoms. The molecule has 0 radical (unpaired) electrons. The fourth-order valence-electron chi connectivity index (χ4n) is 3.77. The Morgan fingerprint density at radius 3 is 2.42 bits per heavy atom. The second-order valence-electron chi connectivity index (χ2n) is 6.68. The van der Waals surface area contributed by atoms with Gasteiger partial charge in [0, 0.05) is 18.6 Å². The van der Waals surface area contributed by atoms with E-state index in [1.165, 1.54) is 45.2 Å². The largest absolute Gasteiger partial charge is 0.313 e. The smallest absolute Gasteiger partial charge is 0.0251 e. The lowest BCUT2D eigenvalue weighted by Gasteiger charge is -2.43. The van der Waals surface area contributed by atoms with Crippen molar-refractivity contribution in [2.24, 2.45) is 11.8 Å². The summed E-state index contributed by atoms with van der Waals surface area (Å²) in [5.41, 5.74) is 0. The number of nitrogens with one attached hydrogen (secondary N) is 1. The molecule has 0 heterocycles. The third kappa shape index (κ3) is 5.43. The summed E-state index contributed by atoms with van der Waals surface area (Å²) in [6.07, 6.45) is 6.99. The summed E-state index contributed by atoms with van der Waals surface area (Å²) in [7, 11) is 0. The maximum atomic E-state index is 3.74. The molecule has 3 unspecified atom stereocenters. The quantitative estimate of drug-likeness (QED) is 0.718. The van der Waals surface area contributed by atoms with Crippen LogP contribution in [0.1, 0.15) is 66.7 Å². The monoisotopic (exact) mass is 268 g/mol. The molecular weight excluding hydrogens is 232 g/mol. The van der Waals surface area contributed by atoms with Crippen molar-refractivity contribution < 1.29 is 0 Å². The van der Waals surface area contributed by atoms with Gasteiger partial charge in [0.2, 0.25) is 0 Å². The van der Waals surface area contributed by atoms with Crippen LogP contribution in [0.5, 0.6) is 0 Å². The molecule has 1 N–H and O–H groups in total. The number of nitrogens with zero attached hydrogens (tertiary/aromatic N) is 1. The normalized spacial score (nSPS) is 28.3. The van der Waals surface area contributed by atoms with Crippen molar-refractivity contribution in [3.63, 3.8) is 0 Å². The molecule has 0 spiro atoms. The molecule has 0 aromatic carbocycles. The lowest BCUT2D eigenvalue weighted by Crippen LogP contribution is -2.54. The molecule has 0 saturated heterocycles. The minimum absolute atomic E-state index is 0.719. The Hall–Kier alpha value is -0.0800. The lowest BCUT2D eigenvalue weighted by molar-refractivity contribution is 0.0889. The predicted octanol–water partition coefficient (Wildman–Crippen LogP) is 3.91. The fourth-order valence-corrected chi connectivity index (χ4v) is 3.77. The Balaban J connectivity index is 2.67. The molecular formula is C17H36N2. The molecule has 1 aliphatic carbocycles. The highest BCUT2D eigenvalue weighted by Crippen LogP contribution is 2.31.